The zero-order valence-corrected chi connectivity index (χ0v) is 9.04. The number of nitrogens with two attached hydrogens (primary N) is 1. The van der Waals surface area contributed by atoms with E-state index < -0.39 is 0 Å². The largest absolute Gasteiger partial charge is 0.464 e. The van der Waals surface area contributed by atoms with Crippen LogP contribution in [0.5, 0.6) is 12.0 Å². The number of rotatable bonds is 4. The second-order valence-corrected chi connectivity index (χ2v) is 2.84. The van der Waals surface area contributed by atoms with Crippen molar-refractivity contribution >= 4 is 11.7 Å². The third-order valence-electron chi connectivity index (χ3n) is 1.74. The van der Waals surface area contributed by atoms with Gasteiger partial charge in [-0.25, -0.2) is 0 Å². The molecule has 2 rings (SSSR count). The summed E-state index contributed by atoms with van der Waals surface area (Å²) >= 11 is 0. The van der Waals surface area contributed by atoms with E-state index in [2.05, 4.69) is 20.1 Å². The summed E-state index contributed by atoms with van der Waals surface area (Å²) in [6.45, 7) is 4.61. The Morgan fingerprint density at radius 3 is 2.38 bits per heavy atom. The molecule has 16 heavy (non-hydrogen) atoms. The molecule has 0 fully saturated rings. The summed E-state index contributed by atoms with van der Waals surface area (Å²) in [6.07, 6.45) is 0. The van der Waals surface area contributed by atoms with Gasteiger partial charge in [0, 0.05) is 0 Å². The van der Waals surface area contributed by atoms with Crippen LogP contribution in [0.3, 0.4) is 0 Å². The first kappa shape index (κ1) is 10.4. The van der Waals surface area contributed by atoms with Gasteiger partial charge < -0.3 is 15.2 Å². The fraction of sp³-hybridized carbons (Fsp3) is 0.500. The molecule has 86 valence electrons. The maximum atomic E-state index is 5.67. The van der Waals surface area contributed by atoms with Gasteiger partial charge in [0.2, 0.25) is 5.95 Å². The topological polar surface area (TPSA) is 100 Å². The lowest BCUT2D eigenvalue weighted by Crippen LogP contribution is -2.07. The van der Waals surface area contributed by atoms with Gasteiger partial charge in [0.1, 0.15) is 0 Å². The van der Waals surface area contributed by atoms with Crippen molar-refractivity contribution < 1.29 is 9.47 Å². The van der Waals surface area contributed by atoms with Crippen molar-refractivity contribution in [2.75, 3.05) is 18.9 Å². The zero-order valence-electron chi connectivity index (χ0n) is 9.04. The van der Waals surface area contributed by atoms with E-state index in [1.165, 1.54) is 4.52 Å². The first-order chi connectivity index (χ1) is 7.74. The molecule has 0 saturated carbocycles. The van der Waals surface area contributed by atoms with Crippen molar-refractivity contribution in [1.82, 2.24) is 24.6 Å². The van der Waals surface area contributed by atoms with Crippen LogP contribution in [0.15, 0.2) is 0 Å². The third kappa shape index (κ3) is 1.81. The normalized spacial score (nSPS) is 10.6. The Labute approximate surface area is 91.4 Å². The zero-order chi connectivity index (χ0) is 11.5. The van der Waals surface area contributed by atoms with E-state index >= 15 is 0 Å². The summed E-state index contributed by atoms with van der Waals surface area (Å²) in [7, 11) is 0. The summed E-state index contributed by atoms with van der Waals surface area (Å²) in [6, 6.07) is 0.403. The molecule has 0 radical (unpaired) electrons. The van der Waals surface area contributed by atoms with Crippen LogP contribution in [0.2, 0.25) is 0 Å². The van der Waals surface area contributed by atoms with Gasteiger partial charge in [-0.3, -0.25) is 0 Å². The van der Waals surface area contributed by atoms with Crippen molar-refractivity contribution in [3.05, 3.63) is 0 Å². The molecular formula is C8H12N6O2. The van der Waals surface area contributed by atoms with Crippen LogP contribution >= 0.6 is 0 Å². The molecule has 0 aromatic carbocycles. The van der Waals surface area contributed by atoms with Crippen LogP contribution in [0.1, 0.15) is 13.8 Å². The van der Waals surface area contributed by atoms with E-state index in [0.29, 0.717) is 19.0 Å². The van der Waals surface area contributed by atoms with Gasteiger partial charge >= 0.3 is 12.0 Å². The quantitative estimate of drug-likeness (QED) is 0.773. The fourth-order valence-corrected chi connectivity index (χ4v) is 1.15. The summed E-state index contributed by atoms with van der Waals surface area (Å²) in [5.74, 6) is 0.464. The van der Waals surface area contributed by atoms with Gasteiger partial charge in [-0.2, -0.15) is 19.5 Å². The molecule has 2 N–H and O–H groups in total. The van der Waals surface area contributed by atoms with Gasteiger partial charge in [0.25, 0.3) is 5.78 Å². The van der Waals surface area contributed by atoms with Crippen LogP contribution in [0, 0.1) is 0 Å². The SMILES string of the molecule is CCOc1nc(N)n2nc(OCC)nc2n1. The van der Waals surface area contributed by atoms with Crippen LogP contribution in [0.25, 0.3) is 5.78 Å². The highest BCUT2D eigenvalue weighted by Crippen LogP contribution is 2.12. The first-order valence-electron chi connectivity index (χ1n) is 4.90. The molecule has 0 bridgehead atoms. The molecule has 8 nitrogen and oxygen atoms in total. The summed E-state index contributed by atoms with van der Waals surface area (Å²) in [4.78, 5) is 12.0. The Balaban J connectivity index is 2.45. The molecule has 2 aromatic heterocycles. The number of nitrogen functional groups attached to an aromatic ring is 1. The molecule has 0 aliphatic heterocycles. The number of ether oxygens (including phenoxy) is 2. The lowest BCUT2D eigenvalue weighted by atomic mass is 10.8. The van der Waals surface area contributed by atoms with Gasteiger partial charge in [0.15, 0.2) is 0 Å². The number of nitrogens with zero attached hydrogens (tertiary/aromatic N) is 5. The second kappa shape index (κ2) is 4.17. The highest BCUT2D eigenvalue weighted by Gasteiger charge is 2.11. The molecule has 8 heteroatoms. The number of anilines is 1. The highest BCUT2D eigenvalue weighted by atomic mass is 16.5. The Bertz CT molecular complexity index is 496. The van der Waals surface area contributed by atoms with Gasteiger partial charge in [-0.1, -0.05) is 0 Å². The molecule has 0 atom stereocenters. The summed E-state index contributed by atoms with van der Waals surface area (Å²) in [5.41, 5.74) is 5.67. The minimum Gasteiger partial charge on any atom is -0.464 e. The van der Waals surface area contributed by atoms with Crippen molar-refractivity contribution in [3.63, 3.8) is 0 Å². The number of hydrogen-bond donors (Lipinski definition) is 1. The number of fused-ring (bicyclic) bond motifs is 1. The lowest BCUT2D eigenvalue weighted by molar-refractivity contribution is 0.312. The second-order valence-electron chi connectivity index (χ2n) is 2.84. The van der Waals surface area contributed by atoms with E-state index in [1.54, 1.807) is 0 Å². The molecule has 0 saturated heterocycles. The Morgan fingerprint density at radius 2 is 1.69 bits per heavy atom. The van der Waals surface area contributed by atoms with Crippen LogP contribution in [-0.4, -0.2) is 37.8 Å². The van der Waals surface area contributed by atoms with Gasteiger partial charge in [0.05, 0.1) is 13.2 Å². The average Bonchev–Trinajstić information content (AvgIpc) is 2.62. The number of hydrogen-bond acceptors (Lipinski definition) is 7. The fourth-order valence-electron chi connectivity index (χ4n) is 1.15. The van der Waals surface area contributed by atoms with Gasteiger partial charge in [-0.15, -0.1) is 5.10 Å². The van der Waals surface area contributed by atoms with Crippen molar-refractivity contribution in [1.29, 1.82) is 0 Å². The molecule has 2 heterocycles. The number of aromatic nitrogens is 5. The van der Waals surface area contributed by atoms with Crippen molar-refractivity contribution in [3.8, 4) is 12.0 Å². The predicted molar refractivity (Wildman–Crippen MR) is 55.3 cm³/mol. The lowest BCUT2D eigenvalue weighted by Gasteiger charge is -2.01. The van der Waals surface area contributed by atoms with Crippen LogP contribution in [0.4, 0.5) is 5.95 Å². The van der Waals surface area contributed by atoms with Gasteiger partial charge in [-0.05, 0) is 13.8 Å². The molecule has 0 amide bonds. The van der Waals surface area contributed by atoms with Crippen molar-refractivity contribution in [2.45, 2.75) is 13.8 Å². The van der Waals surface area contributed by atoms with Crippen molar-refractivity contribution in [2.24, 2.45) is 0 Å². The minimum absolute atomic E-state index is 0.159. The smallest absolute Gasteiger partial charge is 0.337 e. The maximum Gasteiger partial charge on any atom is 0.337 e. The summed E-state index contributed by atoms with van der Waals surface area (Å²) < 4.78 is 11.6. The standard InChI is InChI=1S/C8H12N6O2/c1-3-15-7-10-5(9)14-6(11-7)12-8(13-14)16-4-2/h3-4H2,1-2H3,(H2,9,10,11,12,13). The first-order valence-corrected chi connectivity index (χ1v) is 4.90. The average molecular weight is 224 g/mol. The molecule has 2 aromatic rings. The summed E-state index contributed by atoms with van der Waals surface area (Å²) in [5, 5.41) is 3.98. The molecule has 0 unspecified atom stereocenters. The van der Waals surface area contributed by atoms with E-state index in [1.807, 2.05) is 13.8 Å². The van der Waals surface area contributed by atoms with E-state index in [4.69, 9.17) is 15.2 Å². The molecule has 0 spiro atoms. The van der Waals surface area contributed by atoms with E-state index in [-0.39, 0.29) is 18.0 Å². The molecule has 0 aliphatic rings. The minimum atomic E-state index is 0.159. The maximum absolute atomic E-state index is 5.67. The van der Waals surface area contributed by atoms with E-state index in [9.17, 15) is 0 Å². The Hall–Kier alpha value is -2.12. The Kier molecular flexibility index (Phi) is 2.71. The van der Waals surface area contributed by atoms with Crippen LogP contribution < -0.4 is 15.2 Å². The molecule has 0 aliphatic carbocycles. The highest BCUT2D eigenvalue weighted by molar-refractivity contribution is 5.37. The Morgan fingerprint density at radius 1 is 1.06 bits per heavy atom. The molecular weight excluding hydrogens is 212 g/mol. The predicted octanol–water partition coefficient (Wildman–Crippen LogP) is -0.101. The third-order valence-corrected chi connectivity index (χ3v) is 1.74. The van der Waals surface area contributed by atoms with E-state index in [0.717, 1.165) is 0 Å². The van der Waals surface area contributed by atoms with Crippen LogP contribution in [-0.2, 0) is 0 Å². The monoisotopic (exact) mass is 224 g/mol.